The van der Waals surface area contributed by atoms with Crippen LogP contribution in [0.4, 0.5) is 22.7 Å². The van der Waals surface area contributed by atoms with Gasteiger partial charge in [-0.1, -0.05) is 83.2 Å². The summed E-state index contributed by atoms with van der Waals surface area (Å²) in [6.45, 7) is 5.37. The van der Waals surface area contributed by atoms with E-state index < -0.39 is 0 Å². The normalized spacial score (nSPS) is 10.9. The number of anilines is 4. The highest BCUT2D eigenvalue weighted by Gasteiger charge is 2.29. The van der Waals surface area contributed by atoms with Crippen LogP contribution < -0.4 is 25.8 Å². The second kappa shape index (κ2) is 20.2. The number of thioether (sulfide) groups is 2. The zero-order valence-electron chi connectivity index (χ0n) is 33.0. The van der Waals surface area contributed by atoms with Crippen molar-refractivity contribution in [2.45, 2.75) is 50.3 Å². The van der Waals surface area contributed by atoms with Crippen molar-refractivity contribution in [2.75, 3.05) is 32.8 Å². The van der Waals surface area contributed by atoms with E-state index in [4.69, 9.17) is 10.1 Å². The Morgan fingerprint density at radius 2 is 1.25 bits per heavy atom. The van der Waals surface area contributed by atoms with Crippen molar-refractivity contribution < 1.29 is 19.0 Å². The Hall–Kier alpha value is -6.85. The van der Waals surface area contributed by atoms with E-state index in [0.717, 1.165) is 16.4 Å². The molecule has 0 saturated carbocycles. The molecule has 7 aromatic rings. The van der Waals surface area contributed by atoms with Gasteiger partial charge in [0.05, 0.1) is 48.4 Å². The molecule has 0 bridgehead atoms. The Kier molecular flexibility index (Phi) is 13.9. The van der Waals surface area contributed by atoms with Crippen LogP contribution in [0, 0.1) is 0 Å². The molecular weight excluding hydrogens is 797 g/mol. The molecule has 15 nitrogen and oxygen atoms in total. The Labute approximate surface area is 355 Å². The van der Waals surface area contributed by atoms with Crippen molar-refractivity contribution in [3.8, 4) is 23.0 Å². The standard InChI is InChI=1S/C43H42N12O3S2/c1-3-53-41(37-21-19-34(26-45-37)44-25-31-13-7-4-8-14-31)52-55(43(53)60-29-39(58)49-33-17-11-6-12-18-33)24-23-54-40(36-22-20-35(27-46-36)47-30(2)56)50-51-42(54)59-28-38(57)48-32-15-9-5-10-16-32/h4-22,26-27H,3,23-25,28-29H2,1-2H3,(H3-,44,47,48,49,50,52,56,57,58)/p+1. The third-order valence-electron chi connectivity index (χ3n) is 8.92. The van der Waals surface area contributed by atoms with Crippen LogP contribution in [0.1, 0.15) is 19.4 Å². The molecule has 3 amide bonds. The summed E-state index contributed by atoms with van der Waals surface area (Å²) in [4.78, 5) is 47.3. The number of carbonyl (C=O) groups excluding carboxylic acids is 3. The average Bonchev–Trinajstić information content (AvgIpc) is 3.85. The van der Waals surface area contributed by atoms with Crippen LogP contribution in [-0.2, 0) is 40.6 Å². The maximum atomic E-state index is 13.2. The van der Waals surface area contributed by atoms with Crippen molar-refractivity contribution in [1.82, 2.24) is 34.5 Å². The lowest BCUT2D eigenvalue weighted by Crippen LogP contribution is -2.37. The molecule has 0 radical (unpaired) electrons. The van der Waals surface area contributed by atoms with Crippen LogP contribution >= 0.6 is 23.5 Å². The second-order valence-corrected chi connectivity index (χ2v) is 15.2. The molecule has 60 heavy (non-hydrogen) atoms. The molecule has 7 rings (SSSR count). The highest BCUT2D eigenvalue weighted by Crippen LogP contribution is 2.26. The number of aromatic nitrogens is 8. The van der Waals surface area contributed by atoms with Crippen molar-refractivity contribution in [1.29, 1.82) is 0 Å². The van der Waals surface area contributed by atoms with Gasteiger partial charge in [0, 0.05) is 29.9 Å². The van der Waals surface area contributed by atoms with Gasteiger partial charge in [-0.3, -0.25) is 23.9 Å². The van der Waals surface area contributed by atoms with Gasteiger partial charge in [-0.25, -0.2) is 9.55 Å². The van der Waals surface area contributed by atoms with Crippen LogP contribution in [0.2, 0.25) is 0 Å². The SMILES string of the molecule is CC[n+]1c(-c2ccc(NCc3ccccc3)cn2)nn(CCn2c(SCC(=O)Nc3ccccc3)nnc2-c2ccc(NC(C)=O)cn2)c1SCC(=O)Nc1ccccc1. The van der Waals surface area contributed by atoms with E-state index in [1.807, 2.05) is 107 Å². The van der Waals surface area contributed by atoms with Crippen LogP contribution in [0.15, 0.2) is 138 Å². The number of para-hydroxylation sites is 2. The minimum atomic E-state index is -0.208. The number of pyridine rings is 2. The Morgan fingerprint density at radius 3 is 1.85 bits per heavy atom. The van der Waals surface area contributed by atoms with Crippen LogP contribution in [0.5, 0.6) is 0 Å². The number of nitrogens with one attached hydrogen (secondary N) is 4. The molecule has 304 valence electrons. The molecule has 3 aromatic carbocycles. The summed E-state index contributed by atoms with van der Waals surface area (Å²) >= 11 is 2.63. The summed E-state index contributed by atoms with van der Waals surface area (Å²) in [6.07, 6.45) is 3.35. The predicted octanol–water partition coefficient (Wildman–Crippen LogP) is 6.64. The monoisotopic (exact) mass is 839 g/mol. The van der Waals surface area contributed by atoms with Crippen LogP contribution in [0.3, 0.4) is 0 Å². The molecule has 4 heterocycles. The quantitative estimate of drug-likeness (QED) is 0.0538. The Balaban J connectivity index is 1.17. The molecule has 0 aliphatic carbocycles. The zero-order chi connectivity index (χ0) is 41.7. The third kappa shape index (κ3) is 11.0. The first-order valence-electron chi connectivity index (χ1n) is 19.2. The van der Waals surface area contributed by atoms with E-state index in [9.17, 15) is 14.4 Å². The lowest BCUT2D eigenvalue weighted by Gasteiger charge is -2.10. The molecule has 0 spiro atoms. The van der Waals surface area contributed by atoms with E-state index >= 15 is 0 Å². The van der Waals surface area contributed by atoms with Gasteiger partial charge in [0.25, 0.3) is 5.16 Å². The molecule has 0 saturated heterocycles. The van der Waals surface area contributed by atoms with Gasteiger partial charge >= 0.3 is 5.82 Å². The molecule has 0 fully saturated rings. The predicted molar refractivity (Wildman–Crippen MR) is 234 cm³/mol. The smallest absolute Gasteiger partial charge is 0.328 e. The van der Waals surface area contributed by atoms with Crippen molar-refractivity contribution >= 4 is 64.0 Å². The third-order valence-corrected chi connectivity index (χ3v) is 11.0. The fraction of sp³-hybridized carbons (Fsp3) is 0.186. The molecule has 17 heteroatoms. The topological polar surface area (TPSA) is 178 Å². The van der Waals surface area contributed by atoms with Gasteiger partial charge in [0.15, 0.2) is 11.0 Å². The molecule has 4 N–H and O–H groups in total. The van der Waals surface area contributed by atoms with E-state index in [1.165, 1.54) is 30.4 Å². The van der Waals surface area contributed by atoms with E-state index in [2.05, 4.69) is 53.1 Å². The van der Waals surface area contributed by atoms with Crippen LogP contribution in [-0.4, -0.2) is 63.7 Å². The highest BCUT2D eigenvalue weighted by molar-refractivity contribution is 8.00. The van der Waals surface area contributed by atoms with Gasteiger partial charge < -0.3 is 21.3 Å². The van der Waals surface area contributed by atoms with Crippen LogP contribution in [0.25, 0.3) is 23.0 Å². The molecule has 0 atom stereocenters. The highest BCUT2D eigenvalue weighted by atomic mass is 32.2. The zero-order valence-corrected chi connectivity index (χ0v) is 34.6. The fourth-order valence-corrected chi connectivity index (χ4v) is 7.88. The van der Waals surface area contributed by atoms with Gasteiger partial charge in [-0.2, -0.15) is 0 Å². The first-order valence-corrected chi connectivity index (χ1v) is 21.2. The first kappa shape index (κ1) is 41.3. The maximum absolute atomic E-state index is 13.2. The lowest BCUT2D eigenvalue weighted by molar-refractivity contribution is -0.720. The average molecular weight is 840 g/mol. The Morgan fingerprint density at radius 1 is 0.650 bits per heavy atom. The number of benzene rings is 3. The van der Waals surface area contributed by atoms with Gasteiger partial charge in [-0.15, -0.1) is 10.2 Å². The van der Waals surface area contributed by atoms with E-state index in [1.54, 1.807) is 24.5 Å². The summed E-state index contributed by atoms with van der Waals surface area (Å²) in [5, 5.41) is 27.4. The summed E-state index contributed by atoms with van der Waals surface area (Å²) in [5.74, 6) is 0.783. The summed E-state index contributed by atoms with van der Waals surface area (Å²) in [5.41, 5.74) is 5.19. The Bertz CT molecular complexity index is 2520. The molecular formula is C43H43N12O3S2+. The number of nitrogens with zero attached hydrogens (tertiary/aromatic N) is 8. The number of hydrogen-bond acceptors (Lipinski definition) is 11. The van der Waals surface area contributed by atoms with E-state index in [-0.39, 0.29) is 29.2 Å². The van der Waals surface area contributed by atoms with Crippen molar-refractivity contribution in [3.63, 3.8) is 0 Å². The molecule has 4 aromatic heterocycles. The van der Waals surface area contributed by atoms with Gasteiger partial charge in [0.2, 0.25) is 17.7 Å². The van der Waals surface area contributed by atoms with Crippen molar-refractivity contribution in [3.05, 3.63) is 133 Å². The van der Waals surface area contributed by atoms with Gasteiger partial charge in [-0.05, 0) is 72.8 Å². The van der Waals surface area contributed by atoms with Crippen molar-refractivity contribution in [2.24, 2.45) is 0 Å². The minimum absolute atomic E-state index is 0.0865. The molecule has 0 aliphatic heterocycles. The fourth-order valence-electron chi connectivity index (χ4n) is 6.13. The summed E-state index contributed by atoms with van der Waals surface area (Å²) in [7, 11) is 0. The molecule has 0 unspecified atom stereocenters. The second-order valence-electron chi connectivity index (χ2n) is 13.3. The number of rotatable bonds is 18. The number of aryl methyl sites for hydroxylation is 1. The summed E-state index contributed by atoms with van der Waals surface area (Å²) in [6, 6.07) is 36.2. The summed E-state index contributed by atoms with van der Waals surface area (Å²) < 4.78 is 5.83. The lowest BCUT2D eigenvalue weighted by atomic mass is 10.2. The largest absolute Gasteiger partial charge is 0.380 e. The van der Waals surface area contributed by atoms with E-state index in [0.29, 0.717) is 71.4 Å². The molecule has 0 aliphatic rings. The maximum Gasteiger partial charge on any atom is 0.328 e. The number of carbonyl (C=O) groups is 3. The number of hydrogen-bond donors (Lipinski definition) is 4. The minimum Gasteiger partial charge on any atom is -0.380 e. The first-order chi connectivity index (χ1) is 29.3. The number of amides is 3. The van der Waals surface area contributed by atoms with Gasteiger partial charge in [0.1, 0.15) is 17.9 Å².